The van der Waals surface area contributed by atoms with Crippen LogP contribution in [0.1, 0.15) is 5.56 Å². The Kier molecular flexibility index (Phi) is 5.16. The summed E-state index contributed by atoms with van der Waals surface area (Å²) in [6, 6.07) is 15.3. The number of hydrogen-bond acceptors (Lipinski definition) is 5. The zero-order chi connectivity index (χ0) is 15.9. The summed E-state index contributed by atoms with van der Waals surface area (Å²) in [7, 11) is 0. The summed E-state index contributed by atoms with van der Waals surface area (Å²) in [4.78, 5) is 12.8. The number of hydrogen-bond donors (Lipinski definition) is 1. The first-order chi connectivity index (χ1) is 11.3. The fourth-order valence-corrected chi connectivity index (χ4v) is 2.78. The minimum absolute atomic E-state index is 0.155. The van der Waals surface area contributed by atoms with Crippen molar-refractivity contribution in [1.82, 2.24) is 5.43 Å². The molecule has 5 nitrogen and oxygen atoms in total. The second-order valence-electron chi connectivity index (χ2n) is 4.77. The molecular weight excluding hydrogens is 312 g/mol. The van der Waals surface area contributed by atoms with Crippen LogP contribution in [0.25, 0.3) is 0 Å². The van der Waals surface area contributed by atoms with Gasteiger partial charge in [-0.15, -0.1) is 11.8 Å². The van der Waals surface area contributed by atoms with Crippen LogP contribution in [0.15, 0.2) is 58.5 Å². The molecule has 0 unspecified atom stereocenters. The van der Waals surface area contributed by atoms with E-state index in [0.29, 0.717) is 30.5 Å². The van der Waals surface area contributed by atoms with Crippen LogP contribution < -0.4 is 14.9 Å². The molecule has 3 rings (SSSR count). The predicted molar refractivity (Wildman–Crippen MR) is 90.3 cm³/mol. The maximum Gasteiger partial charge on any atom is 0.250 e. The van der Waals surface area contributed by atoms with Crippen molar-refractivity contribution in [3.05, 3.63) is 54.1 Å². The van der Waals surface area contributed by atoms with Crippen molar-refractivity contribution in [1.29, 1.82) is 0 Å². The van der Waals surface area contributed by atoms with Crippen LogP contribution in [0.3, 0.4) is 0 Å². The minimum atomic E-state index is -0.155. The molecule has 1 amide bonds. The highest BCUT2D eigenvalue weighted by Crippen LogP contribution is 2.32. The summed E-state index contributed by atoms with van der Waals surface area (Å²) in [5, 5.41) is 3.99. The molecule has 1 N–H and O–H groups in total. The normalized spacial score (nSPS) is 13.0. The monoisotopic (exact) mass is 328 g/mol. The summed E-state index contributed by atoms with van der Waals surface area (Å²) >= 11 is 1.47. The number of para-hydroxylation sites is 1. The maximum atomic E-state index is 11.8. The van der Waals surface area contributed by atoms with E-state index in [4.69, 9.17) is 9.47 Å². The van der Waals surface area contributed by atoms with Gasteiger partial charge in [0.2, 0.25) is 5.91 Å². The number of rotatable bonds is 5. The van der Waals surface area contributed by atoms with Gasteiger partial charge in [0.15, 0.2) is 11.5 Å². The molecule has 1 aliphatic rings. The number of carbonyl (C=O) groups is 1. The first kappa shape index (κ1) is 15.4. The Morgan fingerprint density at radius 2 is 1.96 bits per heavy atom. The van der Waals surface area contributed by atoms with Crippen molar-refractivity contribution >= 4 is 23.9 Å². The lowest BCUT2D eigenvalue weighted by atomic mass is 10.2. The molecule has 2 aromatic rings. The van der Waals surface area contributed by atoms with E-state index in [1.165, 1.54) is 11.8 Å². The van der Waals surface area contributed by atoms with Gasteiger partial charge in [-0.25, -0.2) is 5.43 Å². The molecule has 6 heteroatoms. The number of carbonyl (C=O) groups excluding carboxylic acids is 1. The highest BCUT2D eigenvalue weighted by Gasteiger charge is 2.14. The topological polar surface area (TPSA) is 59.9 Å². The molecule has 118 valence electrons. The first-order valence-electron chi connectivity index (χ1n) is 7.21. The third-order valence-corrected chi connectivity index (χ3v) is 4.11. The van der Waals surface area contributed by atoms with E-state index < -0.39 is 0 Å². The predicted octanol–water partition coefficient (Wildman–Crippen LogP) is 2.70. The molecular formula is C17H16N2O3S. The number of ether oxygens (including phenoxy) is 2. The number of fused-ring (bicyclic) bond motifs is 1. The highest BCUT2D eigenvalue weighted by molar-refractivity contribution is 8.00. The van der Waals surface area contributed by atoms with Gasteiger partial charge in [-0.1, -0.05) is 24.3 Å². The van der Waals surface area contributed by atoms with Gasteiger partial charge in [-0.05, 0) is 24.3 Å². The lowest BCUT2D eigenvalue weighted by Gasteiger charge is -2.19. The van der Waals surface area contributed by atoms with Crippen molar-refractivity contribution in [2.75, 3.05) is 19.0 Å². The lowest BCUT2D eigenvalue weighted by molar-refractivity contribution is -0.118. The van der Waals surface area contributed by atoms with Crippen molar-refractivity contribution < 1.29 is 14.3 Å². The van der Waals surface area contributed by atoms with Crippen molar-refractivity contribution in [3.8, 4) is 11.5 Å². The number of nitrogens with one attached hydrogen (secondary N) is 1. The number of hydrazone groups is 1. The van der Waals surface area contributed by atoms with E-state index in [-0.39, 0.29) is 5.91 Å². The highest BCUT2D eigenvalue weighted by atomic mass is 32.2. The van der Waals surface area contributed by atoms with Crippen LogP contribution >= 0.6 is 11.8 Å². The molecule has 0 bridgehead atoms. The van der Waals surface area contributed by atoms with Crippen LogP contribution in [0.5, 0.6) is 11.5 Å². The van der Waals surface area contributed by atoms with E-state index in [1.54, 1.807) is 6.21 Å². The quantitative estimate of drug-likeness (QED) is 0.521. The average Bonchev–Trinajstić information content (AvgIpc) is 2.61. The Morgan fingerprint density at radius 1 is 1.13 bits per heavy atom. The molecule has 0 spiro atoms. The van der Waals surface area contributed by atoms with E-state index in [0.717, 1.165) is 10.5 Å². The van der Waals surface area contributed by atoms with Gasteiger partial charge in [-0.3, -0.25) is 4.79 Å². The largest absolute Gasteiger partial charge is 0.486 e. The molecule has 0 saturated heterocycles. The fourth-order valence-electron chi connectivity index (χ4n) is 2.07. The van der Waals surface area contributed by atoms with Crippen LogP contribution in [0.2, 0.25) is 0 Å². The number of thioether (sulfide) groups is 1. The van der Waals surface area contributed by atoms with Crippen LogP contribution in [-0.4, -0.2) is 31.1 Å². The second-order valence-corrected chi connectivity index (χ2v) is 5.82. The number of nitrogens with zero attached hydrogens (tertiary/aromatic N) is 1. The van der Waals surface area contributed by atoms with Gasteiger partial charge in [0.25, 0.3) is 0 Å². The van der Waals surface area contributed by atoms with Crippen LogP contribution in [-0.2, 0) is 4.79 Å². The number of benzene rings is 2. The van der Waals surface area contributed by atoms with Gasteiger partial charge in [0.05, 0.1) is 12.0 Å². The summed E-state index contributed by atoms with van der Waals surface area (Å²) in [6.45, 7) is 1.05. The molecule has 1 heterocycles. The molecule has 1 aliphatic heterocycles. The third kappa shape index (κ3) is 4.26. The fraction of sp³-hybridized carbons (Fsp3) is 0.176. The summed E-state index contributed by atoms with van der Waals surface area (Å²) < 4.78 is 11.1. The van der Waals surface area contributed by atoms with E-state index in [1.807, 2.05) is 48.5 Å². The smallest absolute Gasteiger partial charge is 0.250 e. The zero-order valence-electron chi connectivity index (χ0n) is 12.4. The molecule has 23 heavy (non-hydrogen) atoms. The third-order valence-electron chi connectivity index (χ3n) is 3.10. The van der Waals surface area contributed by atoms with E-state index >= 15 is 0 Å². The lowest BCUT2D eigenvalue weighted by Crippen LogP contribution is -2.20. The van der Waals surface area contributed by atoms with Gasteiger partial charge in [0.1, 0.15) is 13.2 Å². The van der Waals surface area contributed by atoms with Crippen molar-refractivity contribution in [2.24, 2.45) is 5.10 Å². The second kappa shape index (κ2) is 7.69. The van der Waals surface area contributed by atoms with Crippen molar-refractivity contribution in [3.63, 3.8) is 0 Å². The molecule has 0 atom stereocenters. The Balaban J connectivity index is 1.54. The summed E-state index contributed by atoms with van der Waals surface area (Å²) in [5.74, 6) is 1.52. The Bertz CT molecular complexity index is 704. The molecule has 0 saturated carbocycles. The summed E-state index contributed by atoms with van der Waals surface area (Å²) in [5.41, 5.74) is 3.30. The van der Waals surface area contributed by atoms with Crippen LogP contribution in [0, 0.1) is 0 Å². The van der Waals surface area contributed by atoms with Crippen molar-refractivity contribution in [2.45, 2.75) is 4.90 Å². The van der Waals surface area contributed by atoms with Crippen LogP contribution in [0.4, 0.5) is 0 Å². The molecule has 0 fully saturated rings. The maximum absolute atomic E-state index is 11.8. The zero-order valence-corrected chi connectivity index (χ0v) is 13.2. The first-order valence-corrected chi connectivity index (χ1v) is 8.20. The minimum Gasteiger partial charge on any atom is -0.486 e. The Morgan fingerprint density at radius 3 is 2.83 bits per heavy atom. The van der Waals surface area contributed by atoms with Gasteiger partial charge < -0.3 is 9.47 Å². The van der Waals surface area contributed by atoms with Gasteiger partial charge in [0, 0.05) is 10.5 Å². The van der Waals surface area contributed by atoms with E-state index in [2.05, 4.69) is 10.5 Å². The average molecular weight is 328 g/mol. The van der Waals surface area contributed by atoms with E-state index in [9.17, 15) is 4.79 Å². The SMILES string of the molecule is O=C(CSc1ccccc1)N/N=C/c1cccc2c1OCCO2. The number of amides is 1. The van der Waals surface area contributed by atoms with Gasteiger partial charge >= 0.3 is 0 Å². The summed E-state index contributed by atoms with van der Waals surface area (Å²) in [6.07, 6.45) is 1.57. The van der Waals surface area contributed by atoms with Gasteiger partial charge in [-0.2, -0.15) is 5.10 Å². The Labute approximate surface area is 138 Å². The molecule has 0 aromatic heterocycles. The molecule has 0 aliphatic carbocycles. The molecule has 2 aromatic carbocycles. The standard InChI is InChI=1S/C17H16N2O3S/c20-16(12-23-14-6-2-1-3-7-14)19-18-11-13-5-4-8-15-17(13)22-10-9-21-15/h1-8,11H,9-10,12H2,(H,19,20)/b18-11+. The molecule has 0 radical (unpaired) electrons. The Hall–Kier alpha value is -2.47.